The van der Waals surface area contributed by atoms with E-state index in [1.807, 2.05) is 11.8 Å². The molecule has 1 fully saturated rings. The summed E-state index contributed by atoms with van der Waals surface area (Å²) < 4.78 is 0. The van der Waals surface area contributed by atoms with E-state index in [1.54, 1.807) is 25.4 Å². The van der Waals surface area contributed by atoms with E-state index >= 15 is 0 Å². The maximum absolute atomic E-state index is 12.4. The van der Waals surface area contributed by atoms with Gasteiger partial charge in [0.05, 0.1) is 17.9 Å². The molecular weight excluding hydrogens is 302 g/mol. The normalized spacial score (nSPS) is 15.7. The number of amides is 2. The Balaban J connectivity index is 2.12. The van der Waals surface area contributed by atoms with Gasteiger partial charge in [-0.25, -0.2) is 10.0 Å². The molecule has 1 aliphatic heterocycles. The van der Waals surface area contributed by atoms with Gasteiger partial charge in [0.2, 0.25) is 5.91 Å². The first-order chi connectivity index (χ1) is 10.5. The molecule has 2 amide bonds. The number of thioether (sulfide) groups is 1. The number of rotatable bonds is 5. The van der Waals surface area contributed by atoms with Gasteiger partial charge in [0.15, 0.2) is 0 Å². The van der Waals surface area contributed by atoms with Crippen molar-refractivity contribution in [2.75, 3.05) is 27.2 Å². The smallest absolute Gasteiger partial charge is 0.279 e. The molecule has 1 aromatic heterocycles. The zero-order chi connectivity index (χ0) is 16.1. The van der Waals surface area contributed by atoms with Crippen molar-refractivity contribution in [3.05, 3.63) is 23.9 Å². The number of carbonyl (C=O) groups is 2. The average molecular weight is 323 g/mol. The minimum absolute atomic E-state index is 0.103. The minimum Gasteiger partial charge on any atom is -0.342 e. The third-order valence-corrected chi connectivity index (χ3v) is 4.72. The molecule has 0 saturated carbocycles. The highest BCUT2D eigenvalue weighted by atomic mass is 32.2. The first-order valence-electron chi connectivity index (χ1n) is 7.27. The Morgan fingerprint density at radius 1 is 1.41 bits per heavy atom. The summed E-state index contributed by atoms with van der Waals surface area (Å²) in [5.74, 6) is -0.175. The lowest BCUT2D eigenvalue weighted by molar-refractivity contribution is -0.129. The fourth-order valence-corrected chi connectivity index (χ4v) is 3.30. The van der Waals surface area contributed by atoms with Gasteiger partial charge in [-0.15, -0.1) is 0 Å². The fraction of sp³-hybridized carbons (Fsp3) is 0.533. The highest BCUT2D eigenvalue weighted by molar-refractivity contribution is 8.00. The van der Waals surface area contributed by atoms with Crippen molar-refractivity contribution >= 4 is 23.6 Å². The number of carbonyl (C=O) groups excluding carboxylic acids is 2. The summed E-state index contributed by atoms with van der Waals surface area (Å²) in [6.07, 6.45) is 3.75. The van der Waals surface area contributed by atoms with Crippen molar-refractivity contribution in [1.29, 1.82) is 0 Å². The fourth-order valence-electron chi connectivity index (χ4n) is 2.31. The summed E-state index contributed by atoms with van der Waals surface area (Å²) in [7, 11) is 2.98. The predicted molar refractivity (Wildman–Crippen MR) is 84.5 cm³/mol. The van der Waals surface area contributed by atoms with Crippen LogP contribution in [-0.2, 0) is 9.63 Å². The summed E-state index contributed by atoms with van der Waals surface area (Å²) in [4.78, 5) is 35.7. The number of aromatic nitrogens is 1. The molecule has 0 aromatic carbocycles. The van der Waals surface area contributed by atoms with Gasteiger partial charge in [-0.3, -0.25) is 14.4 Å². The monoisotopic (exact) mass is 323 g/mol. The summed E-state index contributed by atoms with van der Waals surface area (Å²) in [6.45, 7) is 3.50. The van der Waals surface area contributed by atoms with Gasteiger partial charge in [-0.1, -0.05) is 11.8 Å². The molecule has 7 heteroatoms. The van der Waals surface area contributed by atoms with Gasteiger partial charge in [0, 0.05) is 26.3 Å². The maximum Gasteiger partial charge on any atom is 0.279 e. The van der Waals surface area contributed by atoms with Crippen LogP contribution >= 0.6 is 11.8 Å². The zero-order valence-corrected chi connectivity index (χ0v) is 13.9. The number of hydrogen-bond acceptors (Lipinski definition) is 5. The SMILES string of the molecule is CON(C)C(=O)c1cccnc1S[C@@H](C)C(=O)N1CCCC1. The summed E-state index contributed by atoms with van der Waals surface area (Å²) >= 11 is 1.32. The van der Waals surface area contributed by atoms with Crippen LogP contribution in [0.2, 0.25) is 0 Å². The lowest BCUT2D eigenvalue weighted by Gasteiger charge is -2.21. The van der Waals surface area contributed by atoms with Crippen LogP contribution in [0.4, 0.5) is 0 Å². The molecule has 2 rings (SSSR count). The first kappa shape index (κ1) is 16.8. The average Bonchev–Trinajstić information content (AvgIpc) is 3.07. The number of pyridine rings is 1. The number of hydrogen-bond donors (Lipinski definition) is 0. The largest absolute Gasteiger partial charge is 0.342 e. The molecule has 0 N–H and O–H groups in total. The van der Waals surface area contributed by atoms with Gasteiger partial charge in [0.1, 0.15) is 5.03 Å². The third kappa shape index (κ3) is 3.78. The molecule has 1 saturated heterocycles. The van der Waals surface area contributed by atoms with Crippen LogP contribution in [0, 0.1) is 0 Å². The van der Waals surface area contributed by atoms with Gasteiger partial charge in [0.25, 0.3) is 5.91 Å². The predicted octanol–water partition coefficient (Wildman–Crippen LogP) is 1.82. The first-order valence-corrected chi connectivity index (χ1v) is 8.15. The zero-order valence-electron chi connectivity index (χ0n) is 13.1. The molecule has 1 atom stereocenters. The molecule has 0 bridgehead atoms. The second-order valence-electron chi connectivity index (χ2n) is 5.13. The van der Waals surface area contributed by atoms with E-state index in [0.29, 0.717) is 10.6 Å². The second-order valence-corrected chi connectivity index (χ2v) is 6.46. The summed E-state index contributed by atoms with van der Waals surface area (Å²) in [5.41, 5.74) is 0.443. The molecular formula is C15H21N3O3S. The van der Waals surface area contributed by atoms with Crippen LogP contribution in [0.25, 0.3) is 0 Å². The standard InChI is InChI=1S/C15H21N3O3S/c1-11(14(19)18-9-4-5-10-18)22-13-12(7-6-8-16-13)15(20)17(2)21-3/h6-8,11H,4-5,9-10H2,1-3H3/t11-/m0/s1. The number of likely N-dealkylation sites (tertiary alicyclic amines) is 1. The summed E-state index contributed by atoms with van der Waals surface area (Å²) in [6, 6.07) is 3.40. The quantitative estimate of drug-likeness (QED) is 0.611. The molecule has 0 spiro atoms. The van der Waals surface area contributed by atoms with Crippen molar-refractivity contribution in [3.63, 3.8) is 0 Å². The van der Waals surface area contributed by atoms with Gasteiger partial charge >= 0.3 is 0 Å². The Labute approximate surface area is 134 Å². The van der Waals surface area contributed by atoms with Gasteiger partial charge in [-0.05, 0) is 31.9 Å². The molecule has 22 heavy (non-hydrogen) atoms. The highest BCUT2D eigenvalue weighted by Gasteiger charge is 2.26. The van der Waals surface area contributed by atoms with Crippen molar-refractivity contribution < 1.29 is 14.4 Å². The third-order valence-electron chi connectivity index (χ3n) is 3.62. The van der Waals surface area contributed by atoms with Gasteiger partial charge in [-0.2, -0.15) is 0 Å². The van der Waals surface area contributed by atoms with E-state index in [1.165, 1.54) is 18.9 Å². The lowest BCUT2D eigenvalue weighted by Crippen LogP contribution is -2.34. The van der Waals surface area contributed by atoms with Crippen LogP contribution < -0.4 is 0 Å². The van der Waals surface area contributed by atoms with Crippen LogP contribution in [-0.4, -0.2) is 59.3 Å². The van der Waals surface area contributed by atoms with E-state index < -0.39 is 0 Å². The van der Waals surface area contributed by atoms with Crippen molar-refractivity contribution in [2.24, 2.45) is 0 Å². The van der Waals surface area contributed by atoms with Crippen LogP contribution in [0.15, 0.2) is 23.4 Å². The molecule has 0 radical (unpaired) electrons. The topological polar surface area (TPSA) is 62.7 Å². The Kier molecular flexibility index (Phi) is 5.79. The Hall–Kier alpha value is -1.60. The van der Waals surface area contributed by atoms with Crippen LogP contribution in [0.5, 0.6) is 0 Å². The van der Waals surface area contributed by atoms with Crippen molar-refractivity contribution in [1.82, 2.24) is 14.9 Å². The molecule has 1 aliphatic rings. The van der Waals surface area contributed by atoms with E-state index in [9.17, 15) is 9.59 Å². The van der Waals surface area contributed by atoms with E-state index in [4.69, 9.17) is 4.84 Å². The number of nitrogens with zero attached hydrogens (tertiary/aromatic N) is 3. The van der Waals surface area contributed by atoms with Crippen LogP contribution in [0.1, 0.15) is 30.1 Å². The summed E-state index contributed by atoms with van der Waals surface area (Å²) in [5, 5.41) is 1.43. The second kappa shape index (κ2) is 7.60. The Bertz CT molecular complexity index is 547. The minimum atomic E-state index is -0.279. The van der Waals surface area contributed by atoms with E-state index in [-0.39, 0.29) is 17.1 Å². The van der Waals surface area contributed by atoms with E-state index in [0.717, 1.165) is 31.0 Å². The van der Waals surface area contributed by atoms with E-state index in [2.05, 4.69) is 4.98 Å². The molecule has 2 heterocycles. The molecule has 120 valence electrons. The lowest BCUT2D eigenvalue weighted by atomic mass is 10.3. The van der Waals surface area contributed by atoms with Gasteiger partial charge < -0.3 is 4.90 Å². The van der Waals surface area contributed by atoms with Crippen molar-refractivity contribution in [3.8, 4) is 0 Å². The Morgan fingerprint density at radius 3 is 2.73 bits per heavy atom. The Morgan fingerprint density at radius 2 is 2.09 bits per heavy atom. The highest BCUT2D eigenvalue weighted by Crippen LogP contribution is 2.27. The molecule has 1 aromatic rings. The molecule has 0 aliphatic carbocycles. The van der Waals surface area contributed by atoms with Crippen LogP contribution in [0.3, 0.4) is 0 Å². The van der Waals surface area contributed by atoms with Crippen molar-refractivity contribution in [2.45, 2.75) is 30.0 Å². The maximum atomic E-state index is 12.4. The molecule has 0 unspecified atom stereocenters. The molecule has 6 nitrogen and oxygen atoms in total. The number of hydroxylamine groups is 2.